The molecular formula is C25H19Cl3F5N3O2. The number of anilines is 3. The third-order valence-electron chi connectivity index (χ3n) is 5.91. The number of hydrogen-bond donors (Lipinski definition) is 1. The van der Waals surface area contributed by atoms with Crippen LogP contribution < -0.4 is 19.9 Å². The molecule has 1 atom stereocenters. The Morgan fingerprint density at radius 2 is 1.39 bits per heavy atom. The van der Waals surface area contributed by atoms with Gasteiger partial charge in [-0.3, -0.25) is 4.79 Å². The van der Waals surface area contributed by atoms with Crippen molar-refractivity contribution in [3.8, 4) is 5.75 Å². The third-order valence-corrected chi connectivity index (χ3v) is 6.74. The molecule has 1 N–H and O–H groups in total. The molecule has 38 heavy (non-hydrogen) atoms. The first-order valence-corrected chi connectivity index (χ1v) is 12.3. The number of carbonyl (C=O) groups is 1. The Kier molecular flexibility index (Phi) is 8.44. The van der Waals surface area contributed by atoms with E-state index in [4.69, 9.17) is 39.5 Å². The Morgan fingerprint density at radius 3 is 1.97 bits per heavy atom. The highest BCUT2D eigenvalue weighted by atomic mass is 35.5. The first-order chi connectivity index (χ1) is 18.0. The lowest BCUT2D eigenvalue weighted by Gasteiger charge is -2.38. The van der Waals surface area contributed by atoms with E-state index in [1.807, 2.05) is 0 Å². The van der Waals surface area contributed by atoms with Crippen LogP contribution in [0.5, 0.6) is 5.75 Å². The van der Waals surface area contributed by atoms with Gasteiger partial charge in [0.05, 0.1) is 15.7 Å². The lowest BCUT2D eigenvalue weighted by Crippen LogP contribution is -2.47. The number of piperazine rings is 1. The molecule has 4 rings (SSSR count). The molecule has 3 aromatic carbocycles. The molecule has 1 aliphatic heterocycles. The number of ether oxygens (including phenoxy) is 1. The molecule has 5 nitrogen and oxygen atoms in total. The second-order valence-corrected chi connectivity index (χ2v) is 9.63. The summed E-state index contributed by atoms with van der Waals surface area (Å²) in [5, 5.41) is 3.65. The molecule has 1 heterocycles. The van der Waals surface area contributed by atoms with E-state index < -0.39 is 46.8 Å². The van der Waals surface area contributed by atoms with Crippen LogP contribution >= 0.6 is 34.8 Å². The molecule has 13 heteroatoms. The smallest absolute Gasteiger partial charge is 0.265 e. The molecule has 202 valence electrons. The Balaban J connectivity index is 1.40. The predicted molar refractivity (Wildman–Crippen MR) is 137 cm³/mol. The van der Waals surface area contributed by atoms with Crippen molar-refractivity contribution in [3.05, 3.63) is 80.6 Å². The largest absolute Gasteiger partial charge is 0.479 e. The van der Waals surface area contributed by atoms with E-state index in [1.165, 1.54) is 12.1 Å². The van der Waals surface area contributed by atoms with E-state index in [0.29, 0.717) is 16.4 Å². The lowest BCUT2D eigenvalue weighted by molar-refractivity contribution is -0.122. The van der Waals surface area contributed by atoms with Crippen molar-refractivity contribution in [1.29, 1.82) is 0 Å². The van der Waals surface area contributed by atoms with Gasteiger partial charge < -0.3 is 19.9 Å². The molecule has 0 radical (unpaired) electrons. The molecule has 1 saturated heterocycles. The van der Waals surface area contributed by atoms with E-state index >= 15 is 0 Å². The van der Waals surface area contributed by atoms with Crippen molar-refractivity contribution >= 4 is 57.8 Å². The second kappa shape index (κ2) is 11.4. The summed E-state index contributed by atoms with van der Waals surface area (Å²) in [4.78, 5) is 15.5. The van der Waals surface area contributed by atoms with E-state index in [-0.39, 0.29) is 42.0 Å². The first kappa shape index (κ1) is 28.1. The Hall–Kier alpha value is -2.95. The van der Waals surface area contributed by atoms with Crippen LogP contribution in [0, 0.1) is 29.1 Å². The lowest BCUT2D eigenvalue weighted by atomic mass is 10.2. The molecule has 0 aliphatic carbocycles. The summed E-state index contributed by atoms with van der Waals surface area (Å²) in [6.45, 7) is 1.89. The molecule has 0 saturated carbocycles. The van der Waals surface area contributed by atoms with E-state index in [2.05, 4.69) is 5.32 Å². The number of carbonyl (C=O) groups excluding carboxylic acids is 1. The van der Waals surface area contributed by atoms with Gasteiger partial charge in [-0.2, -0.15) is 0 Å². The number of hydrogen-bond acceptors (Lipinski definition) is 4. The highest BCUT2D eigenvalue weighted by molar-refractivity contribution is 6.35. The van der Waals surface area contributed by atoms with Gasteiger partial charge in [-0.1, -0.05) is 34.8 Å². The van der Waals surface area contributed by atoms with Crippen molar-refractivity contribution in [2.24, 2.45) is 0 Å². The molecule has 0 spiro atoms. The summed E-state index contributed by atoms with van der Waals surface area (Å²) < 4.78 is 74.5. The van der Waals surface area contributed by atoms with Crippen molar-refractivity contribution in [2.45, 2.75) is 13.0 Å². The molecule has 1 fully saturated rings. The van der Waals surface area contributed by atoms with Crippen LogP contribution in [-0.2, 0) is 4.79 Å². The predicted octanol–water partition coefficient (Wildman–Crippen LogP) is 7.07. The van der Waals surface area contributed by atoms with Crippen LogP contribution in [0.15, 0.2) is 36.4 Å². The van der Waals surface area contributed by atoms with Gasteiger partial charge in [0, 0.05) is 36.9 Å². The molecule has 1 unspecified atom stereocenters. The van der Waals surface area contributed by atoms with Crippen molar-refractivity contribution in [1.82, 2.24) is 0 Å². The average molecular weight is 595 g/mol. The Morgan fingerprint density at radius 1 is 0.816 bits per heavy atom. The molecule has 0 bridgehead atoms. The van der Waals surface area contributed by atoms with Crippen LogP contribution in [0.1, 0.15) is 6.92 Å². The number of rotatable bonds is 6. The average Bonchev–Trinajstić information content (AvgIpc) is 2.88. The molecule has 3 aromatic rings. The normalized spacial score (nSPS) is 14.4. The number of nitrogens with zero attached hydrogens (tertiary/aromatic N) is 2. The Labute approximate surface area is 229 Å². The fraction of sp³-hybridized carbons (Fsp3) is 0.240. The number of nitrogens with one attached hydrogen (secondary N) is 1. The van der Waals surface area contributed by atoms with Crippen molar-refractivity contribution < 1.29 is 31.5 Å². The molecular weight excluding hydrogens is 576 g/mol. The number of benzene rings is 3. The van der Waals surface area contributed by atoms with Crippen molar-refractivity contribution in [3.63, 3.8) is 0 Å². The minimum atomic E-state index is -2.20. The zero-order valence-electron chi connectivity index (χ0n) is 19.6. The molecule has 0 aromatic heterocycles. The first-order valence-electron chi connectivity index (χ1n) is 11.2. The SMILES string of the molecule is CC(Oc1ccc(Cl)cc1Cl)C(=O)Nc1ccc(N2CCN(c3c(F)c(F)c(F)c(F)c3F)CC2)c(Cl)c1. The monoisotopic (exact) mass is 593 g/mol. The number of halogens is 8. The summed E-state index contributed by atoms with van der Waals surface area (Å²) in [5.41, 5.74) is 0.00171. The van der Waals surface area contributed by atoms with Crippen LogP contribution in [0.25, 0.3) is 0 Å². The summed E-state index contributed by atoms with van der Waals surface area (Å²) in [5.74, 6) is -10.1. The van der Waals surface area contributed by atoms with Crippen LogP contribution in [0.2, 0.25) is 15.1 Å². The standard InChI is InChI=1S/C25H19Cl3F5N3O2/c1-12(38-18-5-2-13(26)10-16(18)28)25(37)34-14-3-4-17(15(27)11-14)35-6-8-36(9-7-35)24-22(32)20(30)19(29)21(31)23(24)33/h2-5,10-12H,6-9H2,1H3,(H,34,37). The van der Waals surface area contributed by atoms with E-state index in [9.17, 15) is 26.7 Å². The van der Waals surface area contributed by atoms with Gasteiger partial charge in [-0.15, -0.1) is 0 Å². The third kappa shape index (κ3) is 5.72. The van der Waals surface area contributed by atoms with Gasteiger partial charge in [0.25, 0.3) is 5.91 Å². The van der Waals surface area contributed by atoms with E-state index in [0.717, 1.165) is 4.90 Å². The second-order valence-electron chi connectivity index (χ2n) is 8.38. The van der Waals surface area contributed by atoms with Crippen molar-refractivity contribution in [2.75, 3.05) is 41.3 Å². The van der Waals surface area contributed by atoms with Gasteiger partial charge in [0.2, 0.25) is 5.82 Å². The topological polar surface area (TPSA) is 44.8 Å². The van der Waals surface area contributed by atoms with Crippen LogP contribution in [0.4, 0.5) is 39.0 Å². The summed E-state index contributed by atoms with van der Waals surface area (Å²) in [7, 11) is 0. The van der Waals surface area contributed by atoms with Gasteiger partial charge in [-0.25, -0.2) is 22.0 Å². The summed E-state index contributed by atoms with van der Waals surface area (Å²) in [6, 6.07) is 9.39. The minimum absolute atomic E-state index is 0.0186. The van der Waals surface area contributed by atoms with Gasteiger partial charge in [-0.05, 0) is 43.3 Å². The zero-order chi connectivity index (χ0) is 27.7. The summed E-state index contributed by atoms with van der Waals surface area (Å²) >= 11 is 18.4. The fourth-order valence-electron chi connectivity index (χ4n) is 3.94. The van der Waals surface area contributed by atoms with E-state index in [1.54, 1.807) is 36.1 Å². The maximum atomic E-state index is 14.2. The Bertz CT molecular complexity index is 1360. The minimum Gasteiger partial charge on any atom is -0.479 e. The van der Waals surface area contributed by atoms with Crippen LogP contribution in [-0.4, -0.2) is 38.2 Å². The fourth-order valence-corrected chi connectivity index (χ4v) is 4.69. The van der Waals surface area contributed by atoms with Gasteiger partial charge in [0.15, 0.2) is 29.4 Å². The molecule has 1 aliphatic rings. The van der Waals surface area contributed by atoms with Crippen LogP contribution in [0.3, 0.4) is 0 Å². The zero-order valence-corrected chi connectivity index (χ0v) is 21.9. The van der Waals surface area contributed by atoms with Gasteiger partial charge >= 0.3 is 0 Å². The molecule has 1 amide bonds. The number of amides is 1. The quantitative estimate of drug-likeness (QED) is 0.188. The highest BCUT2D eigenvalue weighted by Crippen LogP contribution is 2.34. The van der Waals surface area contributed by atoms with Gasteiger partial charge in [0.1, 0.15) is 11.4 Å². The maximum absolute atomic E-state index is 14.2. The maximum Gasteiger partial charge on any atom is 0.265 e. The highest BCUT2D eigenvalue weighted by Gasteiger charge is 2.31. The summed E-state index contributed by atoms with van der Waals surface area (Å²) in [6.07, 6.45) is -0.901.